The zero-order chi connectivity index (χ0) is 14.1. The molecular weight excluding hydrogens is 263 g/mol. The van der Waals surface area contributed by atoms with Crippen molar-refractivity contribution in [3.05, 3.63) is 0 Å². The average molecular weight is 295 g/mol. The van der Waals surface area contributed by atoms with Crippen molar-refractivity contribution in [2.24, 2.45) is 0 Å². The summed E-state index contributed by atoms with van der Waals surface area (Å²) in [4.78, 5) is 0. The molecule has 0 spiro atoms. The van der Waals surface area contributed by atoms with Gasteiger partial charge in [-0.15, -0.1) is 0 Å². The quantitative estimate of drug-likeness (QED) is 0.644. The van der Waals surface area contributed by atoms with E-state index in [2.05, 4.69) is 0 Å². The van der Waals surface area contributed by atoms with Crippen LogP contribution in [0.15, 0.2) is 0 Å². The van der Waals surface area contributed by atoms with Crippen LogP contribution in [0.5, 0.6) is 0 Å². The minimum absolute atomic E-state index is 0. The third-order valence-electron chi connectivity index (χ3n) is 3.31. The van der Waals surface area contributed by atoms with Crippen LogP contribution in [0.1, 0.15) is 51.4 Å². The third-order valence-corrected chi connectivity index (χ3v) is 3.31. The zero-order valence-corrected chi connectivity index (χ0v) is 13.9. The van der Waals surface area contributed by atoms with Gasteiger partial charge < -0.3 is 18.9 Å². The van der Waals surface area contributed by atoms with E-state index in [1.807, 2.05) is 0 Å². The van der Waals surface area contributed by atoms with Gasteiger partial charge in [-0.25, -0.2) is 0 Å². The molecule has 4 rings (SSSR count). The van der Waals surface area contributed by atoms with E-state index >= 15 is 0 Å². The Bertz CT molecular complexity index is 107. The van der Waals surface area contributed by atoms with Crippen LogP contribution < -0.4 is 0 Å². The molecule has 0 saturated carbocycles. The second-order valence-electron chi connectivity index (χ2n) is 5.28. The standard InChI is InChI=1S/4C4H8O.Li/c4*1-2-4-5-3-1;/h4*1-4H2;. The molecule has 0 N–H and O–H groups in total. The number of ether oxygens (including phenoxy) is 4. The number of hydrogen-bond donors (Lipinski definition) is 0. The van der Waals surface area contributed by atoms with E-state index in [0.29, 0.717) is 0 Å². The van der Waals surface area contributed by atoms with Crippen molar-refractivity contribution in [1.82, 2.24) is 0 Å². The Morgan fingerprint density at radius 3 is 0.476 bits per heavy atom. The topological polar surface area (TPSA) is 36.9 Å². The summed E-state index contributed by atoms with van der Waals surface area (Å²) in [6.45, 7) is 8.00. The minimum Gasteiger partial charge on any atom is -0.381 e. The van der Waals surface area contributed by atoms with Crippen LogP contribution in [-0.2, 0) is 18.9 Å². The monoisotopic (exact) mass is 295 g/mol. The Morgan fingerprint density at radius 2 is 0.429 bits per heavy atom. The molecule has 4 heterocycles. The zero-order valence-electron chi connectivity index (χ0n) is 13.9. The van der Waals surface area contributed by atoms with Crippen LogP contribution in [0.25, 0.3) is 0 Å². The fourth-order valence-corrected chi connectivity index (χ4v) is 2.04. The number of hydrogen-bond acceptors (Lipinski definition) is 4. The molecule has 4 nitrogen and oxygen atoms in total. The van der Waals surface area contributed by atoms with Gasteiger partial charge in [0.2, 0.25) is 0 Å². The van der Waals surface area contributed by atoms with E-state index in [4.69, 9.17) is 18.9 Å². The normalized spacial score (nSPS) is 22.9. The van der Waals surface area contributed by atoms with E-state index in [1.54, 1.807) is 0 Å². The largest absolute Gasteiger partial charge is 0.381 e. The maximum absolute atomic E-state index is 4.94. The van der Waals surface area contributed by atoms with Crippen molar-refractivity contribution < 1.29 is 18.9 Å². The molecule has 0 aromatic carbocycles. The number of rotatable bonds is 0. The molecule has 4 aliphatic rings. The molecule has 0 aliphatic carbocycles. The van der Waals surface area contributed by atoms with Crippen molar-refractivity contribution in [2.45, 2.75) is 51.4 Å². The van der Waals surface area contributed by atoms with Crippen LogP contribution in [0, 0.1) is 0 Å². The van der Waals surface area contributed by atoms with E-state index in [-0.39, 0.29) is 18.9 Å². The first-order valence-electron chi connectivity index (χ1n) is 8.31. The van der Waals surface area contributed by atoms with Gasteiger partial charge in [-0.05, 0) is 51.4 Å². The first kappa shape index (κ1) is 21.4. The summed E-state index contributed by atoms with van der Waals surface area (Å²) < 4.78 is 19.8. The molecule has 5 heteroatoms. The Balaban J connectivity index is 0.000000250. The predicted octanol–water partition coefficient (Wildman–Crippen LogP) is 2.81. The molecule has 4 aliphatic heterocycles. The molecule has 0 amide bonds. The molecule has 21 heavy (non-hydrogen) atoms. The van der Waals surface area contributed by atoms with Gasteiger partial charge in [0.25, 0.3) is 0 Å². The maximum Gasteiger partial charge on any atom is 0.0466 e. The molecular formula is C16H32LiO4. The van der Waals surface area contributed by atoms with Crippen molar-refractivity contribution in [2.75, 3.05) is 52.9 Å². The van der Waals surface area contributed by atoms with E-state index < -0.39 is 0 Å². The Morgan fingerprint density at radius 1 is 0.286 bits per heavy atom. The second kappa shape index (κ2) is 18.5. The summed E-state index contributed by atoms with van der Waals surface area (Å²) >= 11 is 0. The summed E-state index contributed by atoms with van der Waals surface area (Å²) in [7, 11) is 0. The summed E-state index contributed by atoms with van der Waals surface area (Å²) in [5.74, 6) is 0. The molecule has 121 valence electrons. The van der Waals surface area contributed by atoms with E-state index in [0.717, 1.165) is 52.9 Å². The molecule has 1 radical (unpaired) electrons. The second-order valence-corrected chi connectivity index (χ2v) is 5.28. The summed E-state index contributed by atoms with van der Waals surface area (Å²) in [5.41, 5.74) is 0. The minimum atomic E-state index is 0. The Hall–Kier alpha value is 0.437. The van der Waals surface area contributed by atoms with Gasteiger partial charge in [0.1, 0.15) is 0 Å². The van der Waals surface area contributed by atoms with Crippen LogP contribution in [0.2, 0.25) is 0 Å². The molecule has 4 saturated heterocycles. The van der Waals surface area contributed by atoms with Crippen LogP contribution in [0.3, 0.4) is 0 Å². The van der Waals surface area contributed by atoms with Crippen LogP contribution in [-0.4, -0.2) is 71.7 Å². The van der Waals surface area contributed by atoms with Crippen LogP contribution in [0.4, 0.5) is 0 Å². The van der Waals surface area contributed by atoms with Gasteiger partial charge in [-0.3, -0.25) is 0 Å². The van der Waals surface area contributed by atoms with E-state index in [1.165, 1.54) is 51.4 Å². The van der Waals surface area contributed by atoms with E-state index in [9.17, 15) is 0 Å². The van der Waals surface area contributed by atoms with Crippen molar-refractivity contribution in [3.8, 4) is 0 Å². The molecule has 0 aromatic rings. The maximum atomic E-state index is 4.94. The third kappa shape index (κ3) is 16.6. The SMILES string of the molecule is C1CCOC1.C1CCOC1.C1CCOC1.C1CCOC1.[Li]. The van der Waals surface area contributed by atoms with Gasteiger partial charge in [-0.2, -0.15) is 0 Å². The van der Waals surface area contributed by atoms with Crippen molar-refractivity contribution in [3.63, 3.8) is 0 Å². The van der Waals surface area contributed by atoms with Crippen molar-refractivity contribution in [1.29, 1.82) is 0 Å². The average Bonchev–Trinajstić information content (AvgIpc) is 3.40. The first-order valence-corrected chi connectivity index (χ1v) is 8.31. The first-order chi connectivity index (χ1) is 10.0. The fraction of sp³-hybridized carbons (Fsp3) is 1.00. The molecule has 4 fully saturated rings. The Labute approximate surface area is 142 Å². The molecule has 0 aromatic heterocycles. The Kier molecular flexibility index (Phi) is 18.9. The van der Waals surface area contributed by atoms with Gasteiger partial charge in [-0.1, -0.05) is 0 Å². The fourth-order valence-electron chi connectivity index (χ4n) is 2.04. The predicted molar refractivity (Wildman–Crippen MR) is 86.0 cm³/mol. The summed E-state index contributed by atoms with van der Waals surface area (Å²) in [5, 5.41) is 0. The molecule has 0 bridgehead atoms. The van der Waals surface area contributed by atoms with Crippen molar-refractivity contribution >= 4 is 18.9 Å². The summed E-state index contributed by atoms with van der Waals surface area (Å²) in [6, 6.07) is 0. The smallest absolute Gasteiger partial charge is 0.0466 e. The van der Waals surface area contributed by atoms with Gasteiger partial charge in [0.05, 0.1) is 0 Å². The summed E-state index contributed by atoms with van der Waals surface area (Å²) in [6.07, 6.45) is 10.2. The molecule has 0 atom stereocenters. The van der Waals surface area contributed by atoms with Gasteiger partial charge >= 0.3 is 0 Å². The van der Waals surface area contributed by atoms with Gasteiger partial charge in [0, 0.05) is 71.7 Å². The van der Waals surface area contributed by atoms with Crippen LogP contribution >= 0.6 is 0 Å². The molecule has 0 unspecified atom stereocenters. The van der Waals surface area contributed by atoms with Gasteiger partial charge in [0.15, 0.2) is 0 Å².